The first-order valence-corrected chi connectivity index (χ1v) is 11.4. The number of imide groups is 1. The summed E-state index contributed by atoms with van der Waals surface area (Å²) < 4.78 is 5.55. The lowest BCUT2D eigenvalue weighted by atomic mass is 9.93. The predicted octanol–water partition coefficient (Wildman–Crippen LogP) is 4.31. The minimum Gasteiger partial charge on any atom is -0.495 e. The van der Waals surface area contributed by atoms with Crippen molar-refractivity contribution in [1.82, 2.24) is 4.90 Å². The molecule has 0 fully saturated rings. The first-order valence-electron chi connectivity index (χ1n) is 11.4. The summed E-state index contributed by atoms with van der Waals surface area (Å²) in [4.78, 5) is 53.8. The highest BCUT2D eigenvalue weighted by Gasteiger charge is 2.37. The number of aldehydes is 1. The number of anilines is 1. The maximum absolute atomic E-state index is 13.3. The van der Waals surface area contributed by atoms with Gasteiger partial charge in [-0.1, -0.05) is 52.8 Å². The van der Waals surface area contributed by atoms with Crippen molar-refractivity contribution >= 4 is 29.7 Å². The molecule has 1 aliphatic rings. The minimum atomic E-state index is -0.752. The van der Waals surface area contributed by atoms with Crippen LogP contribution in [0.1, 0.15) is 66.8 Å². The predicted molar refractivity (Wildman–Crippen MR) is 130 cm³/mol. The monoisotopic (exact) mass is 464 g/mol. The Kier molecular flexibility index (Phi) is 7.24. The van der Waals surface area contributed by atoms with Crippen LogP contribution in [0.15, 0.2) is 42.5 Å². The van der Waals surface area contributed by atoms with E-state index in [1.165, 1.54) is 7.11 Å². The Balaban J connectivity index is 1.99. The number of benzene rings is 2. The molecule has 180 valence electrons. The van der Waals surface area contributed by atoms with Crippen molar-refractivity contribution in [2.75, 3.05) is 25.1 Å². The Morgan fingerprint density at radius 3 is 2.12 bits per heavy atom. The summed E-state index contributed by atoms with van der Waals surface area (Å²) in [6.07, 6.45) is 0.730. The number of methoxy groups -OCH3 is 1. The Morgan fingerprint density at radius 1 is 1.06 bits per heavy atom. The van der Waals surface area contributed by atoms with E-state index in [0.29, 0.717) is 34.7 Å². The maximum Gasteiger partial charge on any atom is 0.261 e. The van der Waals surface area contributed by atoms with Gasteiger partial charge in [-0.2, -0.15) is 0 Å². The van der Waals surface area contributed by atoms with Crippen LogP contribution >= 0.6 is 0 Å². The van der Waals surface area contributed by atoms with Gasteiger partial charge in [0.2, 0.25) is 5.91 Å². The molecule has 2 aromatic rings. The molecule has 0 aliphatic carbocycles. The van der Waals surface area contributed by atoms with Crippen molar-refractivity contribution < 1.29 is 23.9 Å². The average molecular weight is 465 g/mol. The SMILES string of the molecule is COc1ccc(C(C=O)CN2C(=O)c3ccccc3C2=O)cc1N(CC(C)C)C(=O)C(C)(C)C. The topological polar surface area (TPSA) is 84.0 Å². The van der Waals surface area contributed by atoms with Gasteiger partial charge in [-0.25, -0.2) is 0 Å². The Morgan fingerprint density at radius 2 is 1.65 bits per heavy atom. The molecule has 3 rings (SSSR count). The number of amides is 3. The number of fused-ring (bicyclic) bond motifs is 1. The highest BCUT2D eigenvalue weighted by atomic mass is 16.5. The van der Waals surface area contributed by atoms with E-state index < -0.39 is 23.1 Å². The Hall–Kier alpha value is -3.48. The summed E-state index contributed by atoms with van der Waals surface area (Å²) in [5, 5.41) is 0. The average Bonchev–Trinajstić information content (AvgIpc) is 3.04. The molecule has 1 atom stereocenters. The summed E-state index contributed by atoms with van der Waals surface area (Å²) in [5.41, 5.74) is 1.21. The fourth-order valence-corrected chi connectivity index (χ4v) is 4.04. The zero-order valence-corrected chi connectivity index (χ0v) is 20.6. The molecule has 0 radical (unpaired) electrons. The third kappa shape index (κ3) is 4.88. The van der Waals surface area contributed by atoms with Gasteiger partial charge in [0.05, 0.1) is 29.8 Å². The van der Waals surface area contributed by atoms with Crippen LogP contribution in [0.2, 0.25) is 0 Å². The van der Waals surface area contributed by atoms with Crippen molar-refractivity contribution in [2.24, 2.45) is 11.3 Å². The molecule has 1 unspecified atom stereocenters. The van der Waals surface area contributed by atoms with Crippen LogP contribution in [-0.4, -0.2) is 49.1 Å². The standard InChI is InChI=1S/C27H32N2O5/c1-17(2)14-28(26(33)27(3,4)5)22-13-18(11-12-23(22)34-6)19(16-30)15-29-24(31)20-9-7-8-10-21(20)25(29)32/h7-13,16-17,19H,14-15H2,1-6H3. The van der Waals surface area contributed by atoms with Crippen molar-refractivity contribution in [1.29, 1.82) is 0 Å². The first-order chi connectivity index (χ1) is 16.0. The molecule has 0 aromatic heterocycles. The molecule has 1 aliphatic heterocycles. The molecule has 34 heavy (non-hydrogen) atoms. The summed E-state index contributed by atoms with van der Waals surface area (Å²) in [6, 6.07) is 11.8. The van der Waals surface area contributed by atoms with E-state index in [1.54, 1.807) is 47.4 Å². The van der Waals surface area contributed by atoms with E-state index in [0.717, 1.165) is 11.2 Å². The van der Waals surface area contributed by atoms with Gasteiger partial charge in [0.1, 0.15) is 12.0 Å². The van der Waals surface area contributed by atoms with E-state index in [1.807, 2.05) is 34.6 Å². The normalized spacial score (nSPS) is 14.3. The van der Waals surface area contributed by atoms with Crippen molar-refractivity contribution in [3.8, 4) is 5.75 Å². The van der Waals surface area contributed by atoms with Gasteiger partial charge in [0.25, 0.3) is 11.8 Å². The number of ether oxygens (including phenoxy) is 1. The molecular weight excluding hydrogens is 432 g/mol. The largest absolute Gasteiger partial charge is 0.495 e. The molecule has 0 N–H and O–H groups in total. The Labute approximate surface area is 200 Å². The number of carbonyl (C=O) groups is 4. The second kappa shape index (κ2) is 9.79. The lowest BCUT2D eigenvalue weighted by Gasteiger charge is -2.32. The molecule has 7 nitrogen and oxygen atoms in total. The highest BCUT2D eigenvalue weighted by Crippen LogP contribution is 2.35. The smallest absolute Gasteiger partial charge is 0.261 e. The van der Waals surface area contributed by atoms with Gasteiger partial charge in [-0.3, -0.25) is 19.3 Å². The zero-order chi connectivity index (χ0) is 25.2. The zero-order valence-electron chi connectivity index (χ0n) is 20.6. The molecule has 0 spiro atoms. The lowest BCUT2D eigenvalue weighted by molar-refractivity contribution is -0.125. The summed E-state index contributed by atoms with van der Waals surface area (Å²) in [7, 11) is 1.53. The van der Waals surface area contributed by atoms with Crippen LogP contribution in [0, 0.1) is 11.3 Å². The fourth-order valence-electron chi connectivity index (χ4n) is 4.04. The van der Waals surface area contributed by atoms with Gasteiger partial charge in [-0.05, 0) is 35.7 Å². The molecular formula is C27H32N2O5. The van der Waals surface area contributed by atoms with E-state index in [2.05, 4.69) is 0 Å². The van der Waals surface area contributed by atoms with Crippen LogP contribution in [0.25, 0.3) is 0 Å². The quantitative estimate of drug-likeness (QED) is 0.429. The number of carbonyl (C=O) groups excluding carboxylic acids is 4. The molecule has 0 saturated carbocycles. The molecule has 7 heteroatoms. The Bertz CT molecular complexity index is 1080. The fraction of sp³-hybridized carbons (Fsp3) is 0.407. The number of hydrogen-bond donors (Lipinski definition) is 0. The number of rotatable bonds is 8. The number of nitrogens with zero attached hydrogens (tertiary/aromatic N) is 2. The highest BCUT2D eigenvalue weighted by molar-refractivity contribution is 6.21. The van der Waals surface area contributed by atoms with Crippen LogP contribution in [0.4, 0.5) is 5.69 Å². The molecule has 0 saturated heterocycles. The second-order valence-corrected chi connectivity index (χ2v) is 10.00. The third-order valence-corrected chi connectivity index (χ3v) is 5.78. The van der Waals surface area contributed by atoms with Gasteiger partial charge >= 0.3 is 0 Å². The maximum atomic E-state index is 13.3. The first kappa shape index (κ1) is 25.1. The summed E-state index contributed by atoms with van der Waals surface area (Å²) in [5.74, 6) is -0.944. The van der Waals surface area contributed by atoms with E-state index in [4.69, 9.17) is 4.74 Å². The van der Waals surface area contributed by atoms with Gasteiger partial charge in [-0.15, -0.1) is 0 Å². The van der Waals surface area contributed by atoms with E-state index >= 15 is 0 Å². The molecule has 3 amide bonds. The minimum absolute atomic E-state index is 0.0698. The van der Waals surface area contributed by atoms with Crippen LogP contribution in [0.5, 0.6) is 5.75 Å². The lowest BCUT2D eigenvalue weighted by Crippen LogP contribution is -2.42. The van der Waals surface area contributed by atoms with Crippen molar-refractivity contribution in [3.05, 3.63) is 59.2 Å². The number of hydrogen-bond acceptors (Lipinski definition) is 5. The third-order valence-electron chi connectivity index (χ3n) is 5.78. The van der Waals surface area contributed by atoms with Gasteiger partial charge < -0.3 is 14.4 Å². The summed E-state index contributed by atoms with van der Waals surface area (Å²) in [6.45, 7) is 10.0. The molecule has 0 bridgehead atoms. The van der Waals surface area contributed by atoms with Gasteiger partial charge in [0.15, 0.2) is 0 Å². The van der Waals surface area contributed by atoms with Crippen LogP contribution in [-0.2, 0) is 9.59 Å². The summed E-state index contributed by atoms with van der Waals surface area (Å²) >= 11 is 0. The second-order valence-electron chi connectivity index (χ2n) is 10.00. The van der Waals surface area contributed by atoms with E-state index in [9.17, 15) is 19.2 Å². The molecule has 2 aromatic carbocycles. The van der Waals surface area contributed by atoms with Crippen LogP contribution in [0.3, 0.4) is 0 Å². The van der Waals surface area contributed by atoms with Crippen LogP contribution < -0.4 is 9.64 Å². The molecule has 1 heterocycles. The van der Waals surface area contributed by atoms with E-state index in [-0.39, 0.29) is 18.4 Å². The van der Waals surface area contributed by atoms with Crippen molar-refractivity contribution in [2.45, 2.75) is 40.5 Å². The van der Waals surface area contributed by atoms with Crippen molar-refractivity contribution in [3.63, 3.8) is 0 Å². The van der Waals surface area contributed by atoms with Gasteiger partial charge in [0, 0.05) is 18.5 Å².